The summed E-state index contributed by atoms with van der Waals surface area (Å²) in [4.78, 5) is 41.2. The molecule has 0 spiro atoms. The first-order valence-corrected chi connectivity index (χ1v) is 11.3. The lowest BCUT2D eigenvalue weighted by Crippen LogP contribution is -2.54. The van der Waals surface area contributed by atoms with Crippen LogP contribution in [0.5, 0.6) is 0 Å². The van der Waals surface area contributed by atoms with Crippen molar-refractivity contribution in [3.63, 3.8) is 0 Å². The van der Waals surface area contributed by atoms with Crippen molar-refractivity contribution >= 4 is 24.1 Å². The highest BCUT2D eigenvalue weighted by Crippen LogP contribution is 2.25. The number of carbonyl (C=O) groups is 3. The summed E-state index contributed by atoms with van der Waals surface area (Å²) in [5.74, 6) is -0.671. The lowest BCUT2D eigenvalue weighted by molar-refractivity contribution is -0.131. The minimum absolute atomic E-state index is 0.00427. The van der Waals surface area contributed by atoms with Crippen molar-refractivity contribution in [3.05, 3.63) is 35.9 Å². The van der Waals surface area contributed by atoms with Gasteiger partial charge in [0.2, 0.25) is 11.8 Å². The molecule has 1 aromatic carbocycles. The van der Waals surface area contributed by atoms with Gasteiger partial charge in [0.05, 0.1) is 18.0 Å². The molecule has 2 amide bonds. The molecule has 4 atom stereocenters. The van der Waals surface area contributed by atoms with Crippen molar-refractivity contribution in [1.29, 1.82) is 0 Å². The van der Waals surface area contributed by atoms with Crippen LogP contribution >= 0.6 is 0 Å². The van der Waals surface area contributed by atoms with E-state index in [-0.39, 0.29) is 35.8 Å². The Bertz CT molecular complexity index is 766. The number of amides is 2. The van der Waals surface area contributed by atoms with Gasteiger partial charge in [-0.3, -0.25) is 14.6 Å². The molecule has 0 aliphatic heterocycles. The van der Waals surface area contributed by atoms with E-state index in [1.165, 1.54) is 0 Å². The van der Waals surface area contributed by atoms with Crippen LogP contribution in [0.4, 0.5) is 0 Å². The zero-order valence-electron chi connectivity index (χ0n) is 18.8. The number of nitrogens with zero attached hydrogens (tertiary/aromatic N) is 1. The topological polar surface area (TPSA) is 152 Å². The van der Waals surface area contributed by atoms with Crippen LogP contribution in [0.2, 0.25) is 0 Å². The molecule has 0 aromatic heterocycles. The number of hydrogen-bond acceptors (Lipinski definition) is 5. The molecule has 1 saturated carbocycles. The van der Waals surface area contributed by atoms with E-state index in [0.717, 1.165) is 31.1 Å². The molecule has 1 aliphatic rings. The first kappa shape index (κ1) is 25.3. The molecule has 0 heterocycles. The average molecular weight is 445 g/mol. The van der Waals surface area contributed by atoms with E-state index in [2.05, 4.69) is 20.9 Å². The van der Waals surface area contributed by atoms with Crippen LogP contribution in [0, 0.1) is 5.92 Å². The number of aliphatic imine (C=N–C) groups is 1. The first-order valence-electron chi connectivity index (χ1n) is 11.3. The van der Waals surface area contributed by atoms with Gasteiger partial charge >= 0.3 is 0 Å². The monoisotopic (exact) mass is 444 g/mol. The zero-order valence-corrected chi connectivity index (χ0v) is 18.8. The molecule has 1 unspecified atom stereocenters. The smallest absolute Gasteiger partial charge is 0.237 e. The summed E-state index contributed by atoms with van der Waals surface area (Å²) in [6.07, 6.45) is 5.62. The number of guanidine groups is 1. The van der Waals surface area contributed by atoms with Crippen molar-refractivity contribution in [2.75, 3.05) is 13.6 Å². The minimum Gasteiger partial charge on any atom is -0.370 e. The highest BCUT2D eigenvalue weighted by Gasteiger charge is 2.34. The lowest BCUT2D eigenvalue weighted by atomic mass is 9.83. The Kier molecular flexibility index (Phi) is 10.7. The predicted octanol–water partition coefficient (Wildman–Crippen LogP) is 0.229. The van der Waals surface area contributed by atoms with E-state index in [4.69, 9.17) is 11.5 Å². The standard InChI is InChI=1S/C23H36N6O3/c1-26-20(14-16-8-3-2-4-9-16)22(32)29-19-12-6-5-11-18(19)21(31)28-17(15-30)10-7-13-27-23(24)25/h2-4,8-9,15,17-20,26H,5-7,10-14H2,1H3,(H,28,31)(H,29,32)(H4,24,25,27)/t17-,18-,19+,20?/m1/s1. The highest BCUT2D eigenvalue weighted by atomic mass is 16.2. The largest absolute Gasteiger partial charge is 0.370 e. The quantitative estimate of drug-likeness (QED) is 0.135. The van der Waals surface area contributed by atoms with Gasteiger partial charge in [-0.05, 0) is 44.7 Å². The van der Waals surface area contributed by atoms with E-state index < -0.39 is 6.04 Å². The first-order chi connectivity index (χ1) is 15.4. The Hall–Kier alpha value is -2.94. The fraction of sp³-hybridized carbons (Fsp3) is 0.565. The van der Waals surface area contributed by atoms with Crippen LogP contribution in [0.1, 0.15) is 44.1 Å². The van der Waals surface area contributed by atoms with Gasteiger partial charge < -0.3 is 32.2 Å². The third kappa shape index (κ3) is 8.30. The van der Waals surface area contributed by atoms with E-state index >= 15 is 0 Å². The van der Waals surface area contributed by atoms with Crippen LogP contribution < -0.4 is 27.4 Å². The SMILES string of the molecule is CNC(Cc1ccccc1)C(=O)N[C@H]1CCCC[C@H]1C(=O)N[C@@H](C=O)CCCN=C(N)N. The number of benzene rings is 1. The zero-order chi connectivity index (χ0) is 23.3. The molecule has 1 aromatic rings. The maximum Gasteiger partial charge on any atom is 0.237 e. The molecule has 0 radical (unpaired) electrons. The lowest BCUT2D eigenvalue weighted by Gasteiger charge is -2.33. The molecular formula is C23H36N6O3. The molecule has 9 heteroatoms. The number of carbonyl (C=O) groups excluding carboxylic acids is 3. The second-order valence-corrected chi connectivity index (χ2v) is 8.24. The Morgan fingerprint density at radius 3 is 2.56 bits per heavy atom. The summed E-state index contributed by atoms with van der Waals surface area (Å²) < 4.78 is 0. The van der Waals surface area contributed by atoms with Gasteiger partial charge in [0, 0.05) is 12.6 Å². The van der Waals surface area contributed by atoms with E-state index in [0.29, 0.717) is 32.2 Å². The number of nitrogens with two attached hydrogens (primary N) is 2. The summed E-state index contributed by atoms with van der Waals surface area (Å²) in [5.41, 5.74) is 11.7. The second-order valence-electron chi connectivity index (χ2n) is 8.24. The normalized spacial score (nSPS) is 19.9. The number of rotatable bonds is 12. The highest BCUT2D eigenvalue weighted by molar-refractivity contribution is 5.85. The molecule has 1 fully saturated rings. The number of likely N-dealkylation sites (N-methyl/N-ethyl adjacent to an activating group) is 1. The van der Waals surface area contributed by atoms with Crippen LogP contribution in [0.25, 0.3) is 0 Å². The van der Waals surface area contributed by atoms with Gasteiger partial charge in [-0.2, -0.15) is 0 Å². The Balaban J connectivity index is 1.93. The Morgan fingerprint density at radius 2 is 1.91 bits per heavy atom. The maximum atomic E-state index is 12.9. The molecule has 2 rings (SSSR count). The molecule has 32 heavy (non-hydrogen) atoms. The molecule has 0 bridgehead atoms. The van der Waals surface area contributed by atoms with Crippen LogP contribution in [-0.4, -0.2) is 55.8 Å². The molecule has 7 N–H and O–H groups in total. The maximum absolute atomic E-state index is 12.9. The molecule has 0 saturated heterocycles. The molecule has 176 valence electrons. The van der Waals surface area contributed by atoms with Gasteiger partial charge in [0.15, 0.2) is 5.96 Å². The van der Waals surface area contributed by atoms with Gasteiger partial charge in [0.1, 0.15) is 6.29 Å². The van der Waals surface area contributed by atoms with Crippen molar-refractivity contribution in [2.45, 2.75) is 63.1 Å². The van der Waals surface area contributed by atoms with E-state index in [1.807, 2.05) is 30.3 Å². The van der Waals surface area contributed by atoms with Gasteiger partial charge in [-0.25, -0.2) is 0 Å². The number of hydrogen-bond donors (Lipinski definition) is 5. The summed E-state index contributed by atoms with van der Waals surface area (Å²) in [6, 6.07) is 8.57. The van der Waals surface area contributed by atoms with Crippen molar-refractivity contribution in [1.82, 2.24) is 16.0 Å². The van der Waals surface area contributed by atoms with E-state index in [1.54, 1.807) is 7.05 Å². The van der Waals surface area contributed by atoms with Crippen molar-refractivity contribution < 1.29 is 14.4 Å². The average Bonchev–Trinajstić information content (AvgIpc) is 2.80. The third-order valence-electron chi connectivity index (χ3n) is 5.84. The summed E-state index contributed by atoms with van der Waals surface area (Å²) in [7, 11) is 1.76. The third-order valence-corrected chi connectivity index (χ3v) is 5.84. The van der Waals surface area contributed by atoms with Gasteiger partial charge in [-0.1, -0.05) is 43.2 Å². The molecular weight excluding hydrogens is 408 g/mol. The van der Waals surface area contributed by atoms with Crippen LogP contribution in [-0.2, 0) is 20.8 Å². The Labute approximate surface area is 189 Å². The van der Waals surface area contributed by atoms with Crippen LogP contribution in [0.3, 0.4) is 0 Å². The van der Waals surface area contributed by atoms with E-state index in [9.17, 15) is 14.4 Å². The van der Waals surface area contributed by atoms with Crippen molar-refractivity contribution in [2.24, 2.45) is 22.4 Å². The van der Waals surface area contributed by atoms with Crippen LogP contribution in [0.15, 0.2) is 35.3 Å². The number of nitrogens with one attached hydrogen (secondary N) is 3. The van der Waals surface area contributed by atoms with Gasteiger partial charge in [0.25, 0.3) is 0 Å². The molecule has 1 aliphatic carbocycles. The number of aldehydes is 1. The summed E-state index contributed by atoms with van der Waals surface area (Å²) >= 11 is 0. The Morgan fingerprint density at radius 1 is 1.19 bits per heavy atom. The second kappa shape index (κ2) is 13.5. The van der Waals surface area contributed by atoms with Gasteiger partial charge in [-0.15, -0.1) is 0 Å². The molecule has 9 nitrogen and oxygen atoms in total. The fourth-order valence-corrected chi connectivity index (χ4v) is 4.06. The summed E-state index contributed by atoms with van der Waals surface area (Å²) in [5, 5.41) is 8.98. The minimum atomic E-state index is -0.599. The summed E-state index contributed by atoms with van der Waals surface area (Å²) in [6.45, 7) is 0.400. The fourth-order valence-electron chi connectivity index (χ4n) is 4.06. The van der Waals surface area contributed by atoms with Crippen molar-refractivity contribution in [3.8, 4) is 0 Å². The predicted molar refractivity (Wildman–Crippen MR) is 125 cm³/mol.